The molecule has 2 aliphatic rings. The van der Waals surface area contributed by atoms with E-state index in [0.29, 0.717) is 16.5 Å². The van der Waals surface area contributed by atoms with Crippen molar-refractivity contribution >= 4 is 23.3 Å². The molecule has 4 rings (SSSR count). The molecule has 0 amide bonds. The van der Waals surface area contributed by atoms with Gasteiger partial charge in [0.15, 0.2) is 0 Å². The highest BCUT2D eigenvalue weighted by molar-refractivity contribution is 6.33. The molecule has 3 nitrogen and oxygen atoms in total. The minimum absolute atomic E-state index is 0.0809. The predicted molar refractivity (Wildman–Crippen MR) is 95.9 cm³/mol. The molecular weight excluding hydrogens is 322 g/mol. The van der Waals surface area contributed by atoms with Gasteiger partial charge >= 0.3 is 5.97 Å². The second kappa shape index (κ2) is 5.67. The van der Waals surface area contributed by atoms with Crippen LogP contribution in [0.1, 0.15) is 45.4 Å². The van der Waals surface area contributed by atoms with E-state index in [1.54, 1.807) is 12.1 Å². The number of hydrogen-bond donors (Lipinski definition) is 2. The molecule has 1 aliphatic carbocycles. The van der Waals surface area contributed by atoms with E-state index >= 15 is 0 Å². The lowest BCUT2D eigenvalue weighted by Gasteiger charge is -2.38. The number of carbonyl (C=O) groups is 1. The Balaban J connectivity index is 1.86. The van der Waals surface area contributed by atoms with E-state index in [2.05, 4.69) is 48.7 Å². The standard InChI is InChI=1S/C20H18ClNO2/c1-11-5-7-12(8-6-11)18-14-4-2-3-13(14)17-15(20(23)24)9-10-16(21)19(17)22-18/h2-3,5-10,13-14,18,22H,4H2,1H3,(H,23,24)/t13-,14+,18-/m0/s1. The van der Waals surface area contributed by atoms with Gasteiger partial charge in [0, 0.05) is 5.92 Å². The fraction of sp³-hybridized carbons (Fsp3) is 0.250. The summed E-state index contributed by atoms with van der Waals surface area (Å²) in [6.07, 6.45) is 5.22. The summed E-state index contributed by atoms with van der Waals surface area (Å²) < 4.78 is 0. The SMILES string of the molecule is Cc1ccc([C@@H]2Nc3c(Cl)ccc(C(=O)O)c3[C@H]3C=CC[C@H]32)cc1. The molecule has 2 aromatic rings. The number of carboxylic acid groups (broad SMARTS) is 1. The summed E-state index contributed by atoms with van der Waals surface area (Å²) in [6, 6.07) is 11.9. The van der Waals surface area contributed by atoms with Crippen molar-refractivity contribution in [3.05, 3.63) is 75.8 Å². The van der Waals surface area contributed by atoms with Gasteiger partial charge in [-0.25, -0.2) is 4.79 Å². The summed E-state index contributed by atoms with van der Waals surface area (Å²) in [5.41, 5.74) is 4.35. The minimum Gasteiger partial charge on any atom is -0.478 e. The molecule has 1 aliphatic heterocycles. The molecule has 24 heavy (non-hydrogen) atoms. The lowest BCUT2D eigenvalue weighted by atomic mass is 9.75. The molecule has 4 heteroatoms. The Labute approximate surface area is 146 Å². The number of benzene rings is 2. The van der Waals surface area contributed by atoms with Crippen LogP contribution in [0.15, 0.2) is 48.6 Å². The summed E-state index contributed by atoms with van der Waals surface area (Å²) in [6.45, 7) is 2.07. The second-order valence-electron chi connectivity index (χ2n) is 6.57. The predicted octanol–water partition coefficient (Wildman–Crippen LogP) is 5.17. The van der Waals surface area contributed by atoms with Crippen LogP contribution in [0, 0.1) is 12.8 Å². The van der Waals surface area contributed by atoms with E-state index in [9.17, 15) is 9.90 Å². The van der Waals surface area contributed by atoms with Crippen LogP contribution in [-0.4, -0.2) is 11.1 Å². The number of aryl methyl sites for hydroxylation is 1. The van der Waals surface area contributed by atoms with Gasteiger partial charge in [-0.15, -0.1) is 0 Å². The minimum atomic E-state index is -0.905. The normalized spacial score (nSPS) is 24.2. The van der Waals surface area contributed by atoms with Crippen LogP contribution in [0.2, 0.25) is 5.02 Å². The lowest BCUT2D eigenvalue weighted by Crippen LogP contribution is -2.30. The monoisotopic (exact) mass is 339 g/mol. The van der Waals surface area contributed by atoms with E-state index in [1.165, 1.54) is 11.1 Å². The molecule has 1 heterocycles. The maximum atomic E-state index is 11.7. The molecule has 0 aromatic heterocycles. The molecule has 0 spiro atoms. The number of aromatic carboxylic acids is 1. The molecule has 2 N–H and O–H groups in total. The first-order valence-electron chi connectivity index (χ1n) is 8.11. The van der Waals surface area contributed by atoms with Gasteiger partial charge < -0.3 is 10.4 Å². The van der Waals surface area contributed by atoms with Gasteiger partial charge in [-0.05, 0) is 42.5 Å². The Bertz CT molecular complexity index is 841. The number of anilines is 1. The molecular formula is C20H18ClNO2. The van der Waals surface area contributed by atoms with Gasteiger partial charge in [-0.3, -0.25) is 0 Å². The second-order valence-corrected chi connectivity index (χ2v) is 6.98. The van der Waals surface area contributed by atoms with Crippen LogP contribution in [0.4, 0.5) is 5.69 Å². The van der Waals surface area contributed by atoms with Crippen molar-refractivity contribution in [2.24, 2.45) is 5.92 Å². The fourth-order valence-electron chi connectivity index (χ4n) is 3.96. The van der Waals surface area contributed by atoms with Crippen LogP contribution in [-0.2, 0) is 0 Å². The van der Waals surface area contributed by atoms with Gasteiger partial charge in [0.25, 0.3) is 0 Å². The number of rotatable bonds is 2. The molecule has 122 valence electrons. The van der Waals surface area contributed by atoms with Crippen LogP contribution >= 0.6 is 11.6 Å². The molecule has 0 unspecified atom stereocenters. The summed E-state index contributed by atoms with van der Waals surface area (Å²) in [7, 11) is 0. The molecule has 0 bridgehead atoms. The van der Waals surface area contributed by atoms with E-state index in [4.69, 9.17) is 11.6 Å². The van der Waals surface area contributed by atoms with Crippen LogP contribution in [0.25, 0.3) is 0 Å². The first-order chi connectivity index (χ1) is 11.6. The Morgan fingerprint density at radius 3 is 2.67 bits per heavy atom. The van der Waals surface area contributed by atoms with Gasteiger partial charge in [0.1, 0.15) is 0 Å². The van der Waals surface area contributed by atoms with Gasteiger partial charge in [0.2, 0.25) is 0 Å². The van der Waals surface area contributed by atoms with Crippen molar-refractivity contribution in [2.75, 3.05) is 5.32 Å². The Hall–Kier alpha value is -2.26. The van der Waals surface area contributed by atoms with Crippen molar-refractivity contribution in [1.29, 1.82) is 0 Å². The molecule has 0 saturated carbocycles. The summed E-state index contributed by atoms with van der Waals surface area (Å²) >= 11 is 6.41. The van der Waals surface area contributed by atoms with Crippen LogP contribution in [0.3, 0.4) is 0 Å². The van der Waals surface area contributed by atoms with Crippen molar-refractivity contribution in [2.45, 2.75) is 25.3 Å². The van der Waals surface area contributed by atoms with E-state index in [1.807, 2.05) is 0 Å². The number of carboxylic acids is 1. The van der Waals surface area contributed by atoms with Crippen molar-refractivity contribution in [1.82, 2.24) is 0 Å². The zero-order valence-corrected chi connectivity index (χ0v) is 14.0. The maximum Gasteiger partial charge on any atom is 0.336 e. The first kappa shape index (κ1) is 15.3. The molecule has 0 fully saturated rings. The van der Waals surface area contributed by atoms with Crippen LogP contribution < -0.4 is 5.32 Å². The first-order valence-corrected chi connectivity index (χ1v) is 8.49. The highest BCUT2D eigenvalue weighted by Crippen LogP contribution is 2.52. The third-order valence-corrected chi connectivity index (χ3v) is 5.45. The summed E-state index contributed by atoms with van der Waals surface area (Å²) in [4.78, 5) is 11.7. The van der Waals surface area contributed by atoms with Crippen molar-refractivity contribution in [3.8, 4) is 0 Å². The Morgan fingerprint density at radius 2 is 1.96 bits per heavy atom. The fourth-order valence-corrected chi connectivity index (χ4v) is 4.18. The highest BCUT2D eigenvalue weighted by atomic mass is 35.5. The third kappa shape index (κ3) is 2.31. The topological polar surface area (TPSA) is 49.3 Å². The summed E-state index contributed by atoms with van der Waals surface area (Å²) in [5.74, 6) is -0.522. The number of hydrogen-bond acceptors (Lipinski definition) is 2. The lowest BCUT2D eigenvalue weighted by molar-refractivity contribution is 0.0695. The van der Waals surface area contributed by atoms with Crippen molar-refractivity contribution in [3.63, 3.8) is 0 Å². The molecule has 0 saturated heterocycles. The largest absolute Gasteiger partial charge is 0.478 e. The summed E-state index contributed by atoms with van der Waals surface area (Å²) in [5, 5.41) is 13.7. The maximum absolute atomic E-state index is 11.7. The van der Waals surface area contributed by atoms with Gasteiger partial charge in [-0.2, -0.15) is 0 Å². The average Bonchev–Trinajstić information content (AvgIpc) is 3.05. The van der Waals surface area contributed by atoms with E-state index in [0.717, 1.165) is 17.7 Å². The molecule has 0 radical (unpaired) electrons. The number of allylic oxidation sites excluding steroid dienone is 2. The Morgan fingerprint density at radius 1 is 1.21 bits per heavy atom. The number of nitrogens with one attached hydrogen (secondary N) is 1. The smallest absolute Gasteiger partial charge is 0.336 e. The average molecular weight is 340 g/mol. The zero-order valence-electron chi connectivity index (χ0n) is 13.3. The third-order valence-electron chi connectivity index (χ3n) is 5.14. The van der Waals surface area contributed by atoms with E-state index < -0.39 is 5.97 Å². The Kier molecular flexibility index (Phi) is 3.61. The van der Waals surface area contributed by atoms with Crippen LogP contribution in [0.5, 0.6) is 0 Å². The zero-order chi connectivity index (χ0) is 16.8. The molecule has 2 aromatic carbocycles. The van der Waals surface area contributed by atoms with E-state index in [-0.39, 0.29) is 12.0 Å². The number of fused-ring (bicyclic) bond motifs is 3. The van der Waals surface area contributed by atoms with Crippen molar-refractivity contribution < 1.29 is 9.90 Å². The quantitative estimate of drug-likeness (QED) is 0.742. The highest BCUT2D eigenvalue weighted by Gasteiger charge is 2.40. The van der Waals surface area contributed by atoms with Gasteiger partial charge in [-0.1, -0.05) is 53.6 Å². The molecule has 3 atom stereocenters. The number of halogens is 1. The van der Waals surface area contributed by atoms with Gasteiger partial charge in [0.05, 0.1) is 22.3 Å².